The first-order valence-corrected chi connectivity index (χ1v) is 9.57. The zero-order valence-corrected chi connectivity index (χ0v) is 16.6. The van der Waals surface area contributed by atoms with E-state index in [0.29, 0.717) is 5.56 Å². The Kier molecular flexibility index (Phi) is 4.91. The molecule has 2 aromatic carbocycles. The van der Waals surface area contributed by atoms with Gasteiger partial charge >= 0.3 is 0 Å². The molecular weight excluding hydrogens is 373 g/mol. The summed E-state index contributed by atoms with van der Waals surface area (Å²) >= 11 is 0. The van der Waals surface area contributed by atoms with Crippen LogP contribution in [0.25, 0.3) is 22.2 Å². The molecule has 4 aromatic rings. The van der Waals surface area contributed by atoms with Crippen LogP contribution in [-0.2, 0) is 13.0 Å². The van der Waals surface area contributed by atoms with Crippen LogP contribution in [0.2, 0.25) is 0 Å². The fraction of sp³-hybridized carbons (Fsp3) is 0.208. The van der Waals surface area contributed by atoms with Crippen molar-refractivity contribution in [3.63, 3.8) is 0 Å². The second kappa shape index (κ2) is 7.39. The van der Waals surface area contributed by atoms with Crippen molar-refractivity contribution in [2.45, 2.75) is 33.7 Å². The number of hydrogen-bond acceptors (Lipinski definition) is 1. The molecule has 0 unspecified atom stereocenters. The van der Waals surface area contributed by atoms with Crippen molar-refractivity contribution >= 4 is 11.0 Å². The SMILES string of the molecule is CCc1c(C)nc2c(ccn2Cc2cc(F)c(F)c(F)c2)c1-c1ccc(C)cc1. The first-order valence-electron chi connectivity index (χ1n) is 9.57. The fourth-order valence-corrected chi connectivity index (χ4v) is 3.86. The molecule has 0 saturated heterocycles. The van der Waals surface area contributed by atoms with E-state index in [0.717, 1.165) is 46.4 Å². The van der Waals surface area contributed by atoms with Gasteiger partial charge in [-0.05, 0) is 60.7 Å². The molecule has 2 nitrogen and oxygen atoms in total. The van der Waals surface area contributed by atoms with Crippen LogP contribution in [0.3, 0.4) is 0 Å². The normalized spacial score (nSPS) is 11.4. The number of aryl methyl sites for hydroxylation is 2. The predicted molar refractivity (Wildman–Crippen MR) is 109 cm³/mol. The van der Waals surface area contributed by atoms with Crippen LogP contribution >= 0.6 is 0 Å². The molecule has 2 aromatic heterocycles. The van der Waals surface area contributed by atoms with E-state index in [-0.39, 0.29) is 6.54 Å². The molecular formula is C24H21F3N2. The number of benzene rings is 2. The molecule has 0 aliphatic heterocycles. The van der Waals surface area contributed by atoms with Crippen LogP contribution < -0.4 is 0 Å². The van der Waals surface area contributed by atoms with Crippen LogP contribution in [0, 0.1) is 31.3 Å². The second-order valence-electron chi connectivity index (χ2n) is 7.32. The van der Waals surface area contributed by atoms with Gasteiger partial charge in [0.2, 0.25) is 0 Å². The molecule has 0 spiro atoms. The summed E-state index contributed by atoms with van der Waals surface area (Å²) in [6, 6.07) is 12.4. The summed E-state index contributed by atoms with van der Waals surface area (Å²) in [4.78, 5) is 4.77. The van der Waals surface area contributed by atoms with E-state index < -0.39 is 17.5 Å². The fourth-order valence-electron chi connectivity index (χ4n) is 3.86. The van der Waals surface area contributed by atoms with Gasteiger partial charge in [0.25, 0.3) is 0 Å². The van der Waals surface area contributed by atoms with Crippen LogP contribution in [0.15, 0.2) is 48.7 Å². The number of aromatic nitrogens is 2. The van der Waals surface area contributed by atoms with Gasteiger partial charge in [-0.3, -0.25) is 0 Å². The molecule has 148 valence electrons. The van der Waals surface area contributed by atoms with Crippen LogP contribution in [0.4, 0.5) is 13.2 Å². The Morgan fingerprint density at radius 2 is 1.59 bits per heavy atom. The number of fused-ring (bicyclic) bond motifs is 1. The summed E-state index contributed by atoms with van der Waals surface area (Å²) in [5, 5.41) is 0.986. The maximum atomic E-state index is 13.6. The third kappa shape index (κ3) is 3.41. The lowest BCUT2D eigenvalue weighted by molar-refractivity contribution is 0.444. The van der Waals surface area contributed by atoms with E-state index in [1.54, 1.807) is 0 Å². The van der Waals surface area contributed by atoms with E-state index in [9.17, 15) is 13.2 Å². The van der Waals surface area contributed by atoms with E-state index in [4.69, 9.17) is 4.98 Å². The lowest BCUT2D eigenvalue weighted by Gasteiger charge is -2.14. The number of rotatable bonds is 4. The minimum Gasteiger partial charge on any atom is -0.328 e. The zero-order chi connectivity index (χ0) is 20.7. The highest BCUT2D eigenvalue weighted by atomic mass is 19.2. The second-order valence-corrected chi connectivity index (χ2v) is 7.32. The van der Waals surface area contributed by atoms with Crippen molar-refractivity contribution in [2.75, 3.05) is 0 Å². The molecule has 29 heavy (non-hydrogen) atoms. The molecule has 0 atom stereocenters. The number of halogens is 3. The summed E-state index contributed by atoms with van der Waals surface area (Å²) in [6.07, 6.45) is 2.70. The highest BCUT2D eigenvalue weighted by Gasteiger charge is 2.17. The zero-order valence-electron chi connectivity index (χ0n) is 16.6. The van der Waals surface area contributed by atoms with Gasteiger partial charge in [-0.25, -0.2) is 18.2 Å². The molecule has 0 N–H and O–H groups in total. The van der Waals surface area contributed by atoms with Crippen LogP contribution in [0.1, 0.15) is 29.3 Å². The minimum absolute atomic E-state index is 0.197. The van der Waals surface area contributed by atoms with E-state index >= 15 is 0 Å². The number of pyridine rings is 1. The standard InChI is InChI=1S/C24H21F3N2/c1-4-18-15(3)28-24-19(22(18)17-7-5-14(2)6-8-17)9-10-29(24)13-16-11-20(25)23(27)21(26)12-16/h5-12H,4,13H2,1-3H3. The third-order valence-corrected chi connectivity index (χ3v) is 5.31. The molecule has 2 heterocycles. The molecule has 0 amide bonds. The van der Waals surface area contributed by atoms with E-state index in [2.05, 4.69) is 38.1 Å². The van der Waals surface area contributed by atoms with Gasteiger partial charge < -0.3 is 4.57 Å². The Bertz CT molecular complexity index is 1180. The summed E-state index contributed by atoms with van der Waals surface area (Å²) in [5.74, 6) is -3.82. The Morgan fingerprint density at radius 1 is 0.931 bits per heavy atom. The Labute approximate surface area is 167 Å². The van der Waals surface area contributed by atoms with Crippen molar-refractivity contribution in [1.29, 1.82) is 0 Å². The maximum Gasteiger partial charge on any atom is 0.194 e. The third-order valence-electron chi connectivity index (χ3n) is 5.31. The topological polar surface area (TPSA) is 17.8 Å². The molecule has 0 aliphatic rings. The average Bonchev–Trinajstić information content (AvgIpc) is 3.08. The first kappa shape index (κ1) is 19.2. The number of nitrogens with zero attached hydrogens (tertiary/aromatic N) is 2. The molecule has 5 heteroatoms. The van der Waals surface area contributed by atoms with Crippen LogP contribution in [-0.4, -0.2) is 9.55 Å². The molecule has 0 saturated carbocycles. The first-order chi connectivity index (χ1) is 13.9. The Hall–Kier alpha value is -3.08. The van der Waals surface area contributed by atoms with Gasteiger partial charge in [-0.15, -0.1) is 0 Å². The van der Waals surface area contributed by atoms with Crippen LogP contribution in [0.5, 0.6) is 0 Å². The van der Waals surface area contributed by atoms with Gasteiger partial charge in [-0.2, -0.15) is 0 Å². The van der Waals surface area contributed by atoms with Gasteiger partial charge in [0, 0.05) is 23.8 Å². The molecule has 4 rings (SSSR count). The van der Waals surface area contributed by atoms with Crippen molar-refractivity contribution in [3.8, 4) is 11.1 Å². The van der Waals surface area contributed by atoms with Crippen molar-refractivity contribution in [2.24, 2.45) is 0 Å². The summed E-state index contributed by atoms with van der Waals surface area (Å²) < 4.78 is 42.4. The molecule has 0 bridgehead atoms. The quantitative estimate of drug-likeness (QED) is 0.369. The average molecular weight is 394 g/mol. The van der Waals surface area contributed by atoms with Crippen molar-refractivity contribution in [3.05, 3.63) is 88.5 Å². The largest absolute Gasteiger partial charge is 0.328 e. The van der Waals surface area contributed by atoms with Gasteiger partial charge in [0.05, 0.1) is 0 Å². The van der Waals surface area contributed by atoms with Gasteiger partial charge in [-0.1, -0.05) is 36.8 Å². The summed E-state index contributed by atoms with van der Waals surface area (Å²) in [6.45, 7) is 6.33. The highest BCUT2D eigenvalue weighted by Crippen LogP contribution is 2.34. The highest BCUT2D eigenvalue weighted by molar-refractivity contribution is 5.95. The maximum absolute atomic E-state index is 13.6. The van der Waals surface area contributed by atoms with E-state index in [1.807, 2.05) is 23.8 Å². The van der Waals surface area contributed by atoms with Gasteiger partial charge in [0.15, 0.2) is 17.5 Å². The van der Waals surface area contributed by atoms with Crippen molar-refractivity contribution in [1.82, 2.24) is 9.55 Å². The molecule has 0 fully saturated rings. The monoisotopic (exact) mass is 394 g/mol. The van der Waals surface area contributed by atoms with Crippen molar-refractivity contribution < 1.29 is 13.2 Å². The Balaban J connectivity index is 1.88. The smallest absolute Gasteiger partial charge is 0.194 e. The predicted octanol–water partition coefficient (Wildman–Crippen LogP) is 6.35. The lowest BCUT2D eigenvalue weighted by atomic mass is 9.94. The van der Waals surface area contributed by atoms with E-state index in [1.165, 1.54) is 11.1 Å². The minimum atomic E-state index is -1.45. The van der Waals surface area contributed by atoms with Gasteiger partial charge in [0.1, 0.15) is 5.65 Å². The Morgan fingerprint density at radius 3 is 2.21 bits per heavy atom. The molecule has 0 radical (unpaired) electrons. The summed E-state index contributed by atoms with van der Waals surface area (Å²) in [7, 11) is 0. The molecule has 0 aliphatic carbocycles. The lowest BCUT2D eigenvalue weighted by Crippen LogP contribution is -2.04. The number of hydrogen-bond donors (Lipinski definition) is 0. The summed E-state index contributed by atoms with van der Waals surface area (Å²) in [5.41, 5.74) is 6.61.